The fourth-order valence-electron chi connectivity index (χ4n) is 0.462. The number of carbonyl (C=O) groups is 1. The second-order valence-electron chi connectivity index (χ2n) is 2.08. The van der Waals surface area contributed by atoms with Crippen molar-refractivity contribution in [2.24, 2.45) is 0 Å². The zero-order valence-electron chi connectivity index (χ0n) is 7.64. The molecular formula is C8H16ClO3. The molecule has 0 amide bonds. The fraction of sp³-hybridized carbons (Fsp3) is 0.875. The number of carbonyl (C=O) groups excluding carboxylic acids is 1. The highest BCUT2D eigenvalue weighted by Crippen LogP contribution is 1.93. The predicted molar refractivity (Wildman–Crippen MR) is 48.0 cm³/mol. The molecule has 0 aliphatic heterocycles. The van der Waals surface area contributed by atoms with Gasteiger partial charge in [0, 0.05) is 5.88 Å². The van der Waals surface area contributed by atoms with Crippen LogP contribution in [-0.2, 0) is 9.84 Å². The van der Waals surface area contributed by atoms with E-state index < -0.39 is 6.16 Å². The molecule has 0 spiro atoms. The van der Waals surface area contributed by atoms with Crippen LogP contribution in [0.25, 0.3) is 0 Å². The lowest BCUT2D eigenvalue weighted by molar-refractivity contribution is 0.0722. The van der Waals surface area contributed by atoms with E-state index in [1.54, 1.807) is 6.92 Å². The van der Waals surface area contributed by atoms with E-state index in [0.29, 0.717) is 0 Å². The molecule has 4 heteroatoms. The van der Waals surface area contributed by atoms with E-state index in [-0.39, 0.29) is 6.61 Å². The van der Waals surface area contributed by atoms with E-state index >= 15 is 0 Å². The minimum atomic E-state index is -1.46. The molecule has 0 saturated carbocycles. The summed E-state index contributed by atoms with van der Waals surface area (Å²) >= 11 is 5.38. The van der Waals surface area contributed by atoms with E-state index in [1.165, 1.54) is 19.3 Å². The fourth-order valence-corrected chi connectivity index (χ4v) is 0.651. The molecular weight excluding hydrogens is 180 g/mol. The Hall–Kier alpha value is -0.440. The molecule has 0 unspecified atom stereocenters. The Bertz CT molecular complexity index is 92.3. The first kappa shape index (κ1) is 14.1. The van der Waals surface area contributed by atoms with Gasteiger partial charge < -0.3 is 4.74 Å². The summed E-state index contributed by atoms with van der Waals surface area (Å²) in [4.78, 5) is 9.27. The number of rotatable bonds is 4. The standard InChI is InChI=1S/C5H11Cl.C3H5O3/c1-2-3-4-5-6;1-2-6-3(4)5/h2-5H2,1H3;2H2,1H3. The molecule has 0 fully saturated rings. The SMILES string of the molecule is CCCCCCl.CCOC([O])=O. The minimum absolute atomic E-state index is 0.169. The summed E-state index contributed by atoms with van der Waals surface area (Å²) in [6.07, 6.45) is 2.27. The number of alkyl halides is 1. The van der Waals surface area contributed by atoms with Gasteiger partial charge in [0.15, 0.2) is 0 Å². The van der Waals surface area contributed by atoms with Crippen LogP contribution in [0.4, 0.5) is 4.79 Å². The number of hydrogen-bond acceptors (Lipinski definition) is 2. The summed E-state index contributed by atoms with van der Waals surface area (Å²) in [6, 6.07) is 0. The average Bonchev–Trinajstić information content (AvgIpc) is 2.02. The Morgan fingerprint density at radius 1 is 1.33 bits per heavy atom. The van der Waals surface area contributed by atoms with E-state index in [9.17, 15) is 9.90 Å². The highest BCUT2D eigenvalue weighted by atomic mass is 35.5. The first-order chi connectivity index (χ1) is 5.68. The maximum Gasteiger partial charge on any atom is 0.549 e. The monoisotopic (exact) mass is 195 g/mol. The van der Waals surface area contributed by atoms with Crippen LogP contribution in [0.5, 0.6) is 0 Å². The summed E-state index contributed by atoms with van der Waals surface area (Å²) < 4.78 is 3.85. The number of halogens is 1. The van der Waals surface area contributed by atoms with Crippen molar-refractivity contribution in [2.75, 3.05) is 12.5 Å². The van der Waals surface area contributed by atoms with Crippen molar-refractivity contribution < 1.29 is 14.6 Å². The maximum atomic E-state index is 9.27. The quantitative estimate of drug-likeness (QED) is 0.393. The van der Waals surface area contributed by atoms with Crippen LogP contribution < -0.4 is 0 Å². The normalized spacial score (nSPS) is 8.25. The molecule has 0 N–H and O–H groups in total. The van der Waals surface area contributed by atoms with Gasteiger partial charge in [-0.2, -0.15) is 9.90 Å². The van der Waals surface area contributed by atoms with Gasteiger partial charge in [0.25, 0.3) is 0 Å². The minimum Gasteiger partial charge on any atom is -0.432 e. The summed E-state index contributed by atoms with van der Waals surface area (Å²) in [6.45, 7) is 3.92. The maximum absolute atomic E-state index is 9.27. The molecule has 0 atom stereocenters. The lowest BCUT2D eigenvalue weighted by atomic mass is 10.3. The van der Waals surface area contributed by atoms with Gasteiger partial charge in [0.05, 0.1) is 6.61 Å². The van der Waals surface area contributed by atoms with Crippen LogP contribution in [0.1, 0.15) is 33.1 Å². The van der Waals surface area contributed by atoms with E-state index in [1.807, 2.05) is 0 Å². The van der Waals surface area contributed by atoms with E-state index in [0.717, 1.165) is 5.88 Å². The Morgan fingerprint density at radius 3 is 2.00 bits per heavy atom. The van der Waals surface area contributed by atoms with Crippen LogP contribution in [-0.4, -0.2) is 18.6 Å². The van der Waals surface area contributed by atoms with E-state index in [4.69, 9.17) is 11.6 Å². The highest BCUT2D eigenvalue weighted by Gasteiger charge is 1.91. The second-order valence-corrected chi connectivity index (χ2v) is 2.46. The molecule has 12 heavy (non-hydrogen) atoms. The largest absolute Gasteiger partial charge is 0.549 e. The van der Waals surface area contributed by atoms with E-state index in [2.05, 4.69) is 11.7 Å². The summed E-state index contributed by atoms with van der Waals surface area (Å²) in [5.41, 5.74) is 0. The van der Waals surface area contributed by atoms with Gasteiger partial charge in [-0.05, 0) is 13.3 Å². The molecule has 0 rings (SSSR count). The molecule has 0 aromatic carbocycles. The summed E-state index contributed by atoms with van der Waals surface area (Å²) in [7, 11) is 0. The Morgan fingerprint density at radius 2 is 1.92 bits per heavy atom. The highest BCUT2D eigenvalue weighted by molar-refractivity contribution is 6.17. The smallest absolute Gasteiger partial charge is 0.432 e. The molecule has 1 radical (unpaired) electrons. The van der Waals surface area contributed by atoms with Crippen molar-refractivity contribution in [3.05, 3.63) is 0 Å². The van der Waals surface area contributed by atoms with Gasteiger partial charge >= 0.3 is 6.16 Å². The van der Waals surface area contributed by atoms with Crippen molar-refractivity contribution in [2.45, 2.75) is 33.1 Å². The predicted octanol–water partition coefficient (Wildman–Crippen LogP) is 2.99. The molecule has 0 aliphatic carbocycles. The third-order valence-corrected chi connectivity index (χ3v) is 1.27. The zero-order valence-corrected chi connectivity index (χ0v) is 8.39. The zero-order chi connectivity index (χ0) is 9.82. The van der Waals surface area contributed by atoms with Crippen LogP contribution >= 0.6 is 11.6 Å². The Balaban J connectivity index is 0. The summed E-state index contributed by atoms with van der Waals surface area (Å²) in [5, 5.41) is 9.27. The van der Waals surface area contributed by atoms with Gasteiger partial charge in [-0.15, -0.1) is 11.6 Å². The van der Waals surface area contributed by atoms with Crippen LogP contribution in [0.2, 0.25) is 0 Å². The first-order valence-corrected chi connectivity index (χ1v) is 4.62. The molecule has 0 aromatic heterocycles. The lowest BCUT2D eigenvalue weighted by Crippen LogP contribution is -1.95. The van der Waals surface area contributed by atoms with Crippen molar-refractivity contribution in [3.8, 4) is 0 Å². The van der Waals surface area contributed by atoms with Crippen molar-refractivity contribution in [1.82, 2.24) is 0 Å². The third-order valence-electron chi connectivity index (χ3n) is 0.999. The number of ether oxygens (including phenoxy) is 1. The summed E-state index contributed by atoms with van der Waals surface area (Å²) in [5.74, 6) is 0.827. The number of hydrogen-bond donors (Lipinski definition) is 0. The van der Waals surface area contributed by atoms with Crippen LogP contribution in [0.15, 0.2) is 0 Å². The van der Waals surface area contributed by atoms with Crippen LogP contribution in [0, 0.1) is 0 Å². The topological polar surface area (TPSA) is 46.2 Å². The molecule has 0 saturated heterocycles. The molecule has 3 nitrogen and oxygen atoms in total. The Kier molecular flexibility index (Phi) is 15.5. The van der Waals surface area contributed by atoms with Gasteiger partial charge in [-0.3, -0.25) is 0 Å². The lowest BCUT2D eigenvalue weighted by Gasteiger charge is -1.84. The molecule has 0 aliphatic rings. The molecule has 0 bridgehead atoms. The van der Waals surface area contributed by atoms with Gasteiger partial charge in [-0.25, -0.2) is 0 Å². The average molecular weight is 196 g/mol. The molecule has 0 heterocycles. The first-order valence-electron chi connectivity index (χ1n) is 4.08. The van der Waals surface area contributed by atoms with Gasteiger partial charge in [0.1, 0.15) is 0 Å². The van der Waals surface area contributed by atoms with Gasteiger partial charge in [-0.1, -0.05) is 19.8 Å². The van der Waals surface area contributed by atoms with Crippen molar-refractivity contribution in [3.63, 3.8) is 0 Å². The number of unbranched alkanes of at least 4 members (excludes halogenated alkanes) is 2. The molecule has 0 aromatic rings. The van der Waals surface area contributed by atoms with Crippen molar-refractivity contribution in [1.29, 1.82) is 0 Å². The van der Waals surface area contributed by atoms with Crippen molar-refractivity contribution >= 4 is 17.8 Å². The molecule has 73 valence electrons. The second kappa shape index (κ2) is 13.2. The van der Waals surface area contributed by atoms with Crippen LogP contribution in [0.3, 0.4) is 0 Å². The third kappa shape index (κ3) is 22.7. The van der Waals surface area contributed by atoms with Gasteiger partial charge in [0.2, 0.25) is 0 Å². The Labute approximate surface area is 78.7 Å².